The van der Waals surface area contributed by atoms with Gasteiger partial charge in [0, 0.05) is 15.3 Å². The van der Waals surface area contributed by atoms with Gasteiger partial charge < -0.3 is 4.74 Å². The van der Waals surface area contributed by atoms with Crippen molar-refractivity contribution in [1.82, 2.24) is 0 Å². The lowest BCUT2D eigenvalue weighted by molar-refractivity contribution is 0.0768. The smallest absolute Gasteiger partial charge is 0.189 e. The molecule has 0 aliphatic carbocycles. The summed E-state index contributed by atoms with van der Waals surface area (Å²) in [4.78, 5) is 13.9. The molecule has 1 heterocycles. The van der Waals surface area contributed by atoms with Crippen molar-refractivity contribution in [3.05, 3.63) is 34.0 Å². The zero-order valence-electron chi connectivity index (χ0n) is 9.21. The highest BCUT2D eigenvalue weighted by Gasteiger charge is 2.11. The Hall–Kier alpha value is -0.930. The third-order valence-corrected chi connectivity index (χ3v) is 3.01. The lowest BCUT2D eigenvalue weighted by Gasteiger charge is -2.01. The fraction of sp³-hybridized carbons (Fsp3) is 0.417. The van der Waals surface area contributed by atoms with Crippen LogP contribution in [0.3, 0.4) is 0 Å². The Labute approximate surface area is 94.6 Å². The Morgan fingerprint density at radius 1 is 1.60 bits per heavy atom. The highest BCUT2D eigenvalue weighted by Crippen LogP contribution is 2.20. The average molecular weight is 224 g/mol. The topological polar surface area (TPSA) is 26.3 Å². The van der Waals surface area contributed by atoms with E-state index in [1.807, 2.05) is 19.9 Å². The monoisotopic (exact) mass is 224 g/mol. The Kier molecular flexibility index (Phi) is 4.72. The molecule has 0 spiro atoms. The molecule has 0 N–H and O–H groups in total. The van der Waals surface area contributed by atoms with Crippen LogP contribution in [0.25, 0.3) is 0 Å². The molecule has 0 fully saturated rings. The van der Waals surface area contributed by atoms with E-state index in [1.165, 1.54) is 4.88 Å². The van der Waals surface area contributed by atoms with Gasteiger partial charge in [-0.1, -0.05) is 6.08 Å². The molecule has 0 bridgehead atoms. The number of hydrogen-bond acceptors (Lipinski definition) is 3. The van der Waals surface area contributed by atoms with E-state index in [1.54, 1.807) is 17.4 Å². The molecule has 0 unspecified atom stereocenters. The van der Waals surface area contributed by atoms with Gasteiger partial charge in [0.2, 0.25) is 0 Å². The molecule has 0 saturated heterocycles. The van der Waals surface area contributed by atoms with E-state index in [2.05, 4.69) is 6.58 Å². The standard InChI is InChI=1S/C12H16O2S/c1-4-5-6-14-8-12(13)11-7-9(2)15-10(11)3/h4,7H,1,5-6,8H2,2-3H3. The zero-order valence-corrected chi connectivity index (χ0v) is 10.0. The second-order valence-electron chi connectivity index (χ2n) is 3.38. The molecular formula is C12H16O2S. The minimum Gasteiger partial charge on any atom is -0.373 e. The van der Waals surface area contributed by atoms with Crippen LogP contribution in [-0.4, -0.2) is 19.0 Å². The summed E-state index contributed by atoms with van der Waals surface area (Å²) in [5, 5.41) is 0. The molecule has 1 aromatic rings. The molecule has 0 amide bonds. The van der Waals surface area contributed by atoms with Gasteiger partial charge in [-0.15, -0.1) is 17.9 Å². The fourth-order valence-corrected chi connectivity index (χ4v) is 2.26. The summed E-state index contributed by atoms with van der Waals surface area (Å²) in [6.07, 6.45) is 2.57. The summed E-state index contributed by atoms with van der Waals surface area (Å²) >= 11 is 1.65. The summed E-state index contributed by atoms with van der Waals surface area (Å²) in [6.45, 7) is 8.30. The second-order valence-corrected chi connectivity index (χ2v) is 4.84. The maximum absolute atomic E-state index is 11.7. The number of ether oxygens (including phenoxy) is 1. The lowest BCUT2D eigenvalue weighted by atomic mass is 10.2. The fourth-order valence-electron chi connectivity index (χ4n) is 1.32. The van der Waals surface area contributed by atoms with Crippen molar-refractivity contribution in [1.29, 1.82) is 0 Å². The van der Waals surface area contributed by atoms with Gasteiger partial charge in [0.05, 0.1) is 6.61 Å². The molecule has 0 aliphatic rings. The minimum atomic E-state index is 0.0703. The molecule has 15 heavy (non-hydrogen) atoms. The van der Waals surface area contributed by atoms with Crippen LogP contribution in [-0.2, 0) is 4.74 Å². The molecule has 0 radical (unpaired) electrons. The van der Waals surface area contributed by atoms with Gasteiger partial charge in [0.25, 0.3) is 0 Å². The number of thiophene rings is 1. The van der Waals surface area contributed by atoms with Crippen LogP contribution in [0.4, 0.5) is 0 Å². The van der Waals surface area contributed by atoms with Gasteiger partial charge >= 0.3 is 0 Å². The Morgan fingerprint density at radius 3 is 2.87 bits per heavy atom. The van der Waals surface area contributed by atoms with Crippen molar-refractivity contribution in [3.8, 4) is 0 Å². The van der Waals surface area contributed by atoms with Crippen molar-refractivity contribution >= 4 is 17.1 Å². The number of hydrogen-bond donors (Lipinski definition) is 0. The average Bonchev–Trinajstić information content (AvgIpc) is 2.52. The lowest BCUT2D eigenvalue weighted by Crippen LogP contribution is -2.09. The molecule has 0 aromatic carbocycles. The van der Waals surface area contributed by atoms with Gasteiger partial charge in [-0.25, -0.2) is 0 Å². The third kappa shape index (κ3) is 3.61. The van der Waals surface area contributed by atoms with Gasteiger partial charge in [-0.2, -0.15) is 0 Å². The number of carbonyl (C=O) groups excluding carboxylic acids is 1. The Balaban J connectivity index is 2.46. The summed E-state index contributed by atoms with van der Waals surface area (Å²) < 4.78 is 5.24. The predicted octanol–water partition coefficient (Wildman–Crippen LogP) is 3.14. The molecule has 3 heteroatoms. The van der Waals surface area contributed by atoms with Gasteiger partial charge in [0.15, 0.2) is 5.78 Å². The molecule has 1 rings (SSSR count). The molecule has 0 aliphatic heterocycles. The maximum atomic E-state index is 11.7. The van der Waals surface area contributed by atoms with Crippen molar-refractivity contribution < 1.29 is 9.53 Å². The minimum absolute atomic E-state index is 0.0703. The van der Waals surface area contributed by atoms with Gasteiger partial charge in [-0.3, -0.25) is 4.79 Å². The van der Waals surface area contributed by atoms with E-state index in [-0.39, 0.29) is 12.4 Å². The van der Waals surface area contributed by atoms with Gasteiger partial charge in [0.1, 0.15) is 6.61 Å². The first-order valence-corrected chi connectivity index (χ1v) is 5.75. The van der Waals surface area contributed by atoms with Crippen molar-refractivity contribution in [3.63, 3.8) is 0 Å². The molecule has 0 atom stereocenters. The van der Waals surface area contributed by atoms with Crippen LogP contribution >= 0.6 is 11.3 Å². The molecule has 82 valence electrons. The number of aryl methyl sites for hydroxylation is 2. The summed E-state index contributed by atoms with van der Waals surface area (Å²) in [5.74, 6) is 0.0703. The van der Waals surface area contributed by atoms with Crippen LogP contribution in [0.15, 0.2) is 18.7 Å². The summed E-state index contributed by atoms with van der Waals surface area (Å²) in [7, 11) is 0. The van der Waals surface area contributed by atoms with Gasteiger partial charge in [-0.05, 0) is 26.3 Å². The highest BCUT2D eigenvalue weighted by molar-refractivity contribution is 7.12. The number of carbonyl (C=O) groups is 1. The largest absolute Gasteiger partial charge is 0.373 e. The number of rotatable bonds is 6. The maximum Gasteiger partial charge on any atom is 0.189 e. The van der Waals surface area contributed by atoms with E-state index < -0.39 is 0 Å². The van der Waals surface area contributed by atoms with Crippen LogP contribution in [0, 0.1) is 13.8 Å². The number of ketones is 1. The third-order valence-electron chi connectivity index (χ3n) is 2.04. The van der Waals surface area contributed by atoms with Crippen LogP contribution in [0.5, 0.6) is 0 Å². The molecule has 2 nitrogen and oxygen atoms in total. The summed E-state index contributed by atoms with van der Waals surface area (Å²) in [5.41, 5.74) is 0.802. The predicted molar refractivity (Wildman–Crippen MR) is 63.8 cm³/mol. The second kappa shape index (κ2) is 5.83. The first kappa shape index (κ1) is 12.1. The first-order chi connectivity index (χ1) is 7.15. The number of Topliss-reactive ketones (excluding diaryl/α,β-unsaturated/α-hetero) is 1. The van der Waals surface area contributed by atoms with Crippen molar-refractivity contribution in [2.24, 2.45) is 0 Å². The van der Waals surface area contributed by atoms with E-state index in [0.717, 1.165) is 16.9 Å². The van der Waals surface area contributed by atoms with Crippen LogP contribution in [0.1, 0.15) is 26.5 Å². The SMILES string of the molecule is C=CCCOCC(=O)c1cc(C)sc1C. The molecule has 1 aromatic heterocycles. The Morgan fingerprint density at radius 2 is 2.33 bits per heavy atom. The Bertz CT molecular complexity index is 353. The highest BCUT2D eigenvalue weighted by atomic mass is 32.1. The van der Waals surface area contributed by atoms with Crippen molar-refractivity contribution in [2.45, 2.75) is 20.3 Å². The zero-order chi connectivity index (χ0) is 11.3. The van der Waals surface area contributed by atoms with E-state index in [4.69, 9.17) is 4.74 Å². The van der Waals surface area contributed by atoms with Crippen LogP contribution < -0.4 is 0 Å². The van der Waals surface area contributed by atoms with Crippen molar-refractivity contribution in [2.75, 3.05) is 13.2 Å². The van der Waals surface area contributed by atoms with E-state index in [0.29, 0.717) is 6.61 Å². The molecular weight excluding hydrogens is 208 g/mol. The molecule has 0 saturated carbocycles. The normalized spacial score (nSPS) is 10.3. The van der Waals surface area contributed by atoms with E-state index >= 15 is 0 Å². The summed E-state index contributed by atoms with van der Waals surface area (Å²) in [6, 6.07) is 1.93. The first-order valence-electron chi connectivity index (χ1n) is 4.94. The van der Waals surface area contributed by atoms with Crippen LogP contribution in [0.2, 0.25) is 0 Å². The van der Waals surface area contributed by atoms with E-state index in [9.17, 15) is 4.79 Å². The quantitative estimate of drug-likeness (QED) is 0.421.